The Bertz CT molecular complexity index is 3930. The minimum Gasteiger partial charge on any atom is -1.00 e. The van der Waals surface area contributed by atoms with Crippen LogP contribution in [0.4, 0.5) is 32.2 Å². The molecule has 97 heavy (non-hydrogen) atoms. The second-order valence-corrected chi connectivity index (χ2v) is 22.4. The van der Waals surface area contributed by atoms with Crippen LogP contribution in [0.15, 0.2) is 73.3 Å². The molecule has 3 amide bonds. The number of aromatic nitrogens is 10. The molecule has 8 aromatic rings. The van der Waals surface area contributed by atoms with Gasteiger partial charge in [0.05, 0.1) is 122 Å². The summed E-state index contributed by atoms with van der Waals surface area (Å²) in [7, 11) is -1.80. The van der Waals surface area contributed by atoms with Crippen molar-refractivity contribution in [3.63, 3.8) is 0 Å². The van der Waals surface area contributed by atoms with Crippen LogP contribution in [0.3, 0.4) is 0 Å². The van der Waals surface area contributed by atoms with Gasteiger partial charge in [-0.1, -0.05) is 81.2 Å². The molecule has 10 N–H and O–H groups in total. The standard InChI is InChI=1S/C20H20Cl2N6O3.C15H14Cl2N4O3.C9H11ClN4O2.C6H5BCl2O3.C5H7ClN2.CH2O3.2Cs.H/c1-2-30-20(29)27-10-13-15(11-27)25-19(23)26-18(13)17-14(22)8-12(21)9-16(17)31-7-6-28-5-3-4-24-28;1-2-24-15(23)21-5-8-10(6-21)19-14(18)20-13(8)12-9(17)3-7(16)4-11(12)22;1-2-16-9(15)14-3-5-6(4-14)12-8(11)13-7(5)10;8-3-1-4(9)6(7(11)12)5(10)2-3;6-2-5-8-4-1-3-7-8;2-1-4-3;;;/h3-5,8-9H,2,6-7,10-11H2,1H3,(H2,23,25,26);3-4,22H,2,5-6H2,1H3,(H2,18,19,20);2-4H2,1H3,(H2,11,12,13);1-2,10-12H;1,3-4H,2,5H2;1,3H;;;/q;;;;;;2*+1;-1/p-1. The summed E-state index contributed by atoms with van der Waals surface area (Å²) in [6, 6.07) is 12.4. The zero-order chi connectivity index (χ0) is 69.6. The maximum atomic E-state index is 12.2. The van der Waals surface area contributed by atoms with E-state index < -0.39 is 19.3 Å². The largest absolute Gasteiger partial charge is 1.00 e. The fourth-order valence-electron chi connectivity index (χ4n) is 8.94. The Labute approximate surface area is 714 Å². The van der Waals surface area contributed by atoms with E-state index in [-0.39, 0.29) is 241 Å². The van der Waals surface area contributed by atoms with Crippen LogP contribution in [-0.4, -0.2) is 149 Å². The molecule has 30 nitrogen and oxygen atoms in total. The van der Waals surface area contributed by atoms with Crippen molar-refractivity contribution >= 4 is 148 Å². The number of nitrogens with two attached hydrogens (primary N) is 3. The summed E-state index contributed by atoms with van der Waals surface area (Å²) >= 11 is 47.3. The van der Waals surface area contributed by atoms with Gasteiger partial charge in [0, 0.05) is 72.9 Å². The van der Waals surface area contributed by atoms with E-state index in [9.17, 15) is 19.5 Å². The molecule has 0 unspecified atom stereocenters. The number of aryl methyl sites for hydroxylation is 1. The smallest absolute Gasteiger partial charge is 1.00 e. The number of ether oxygens (including phenoxy) is 4. The predicted molar refractivity (Wildman–Crippen MR) is 353 cm³/mol. The number of benzene rings is 3. The Morgan fingerprint density at radius 1 is 0.588 bits per heavy atom. The number of rotatable bonds is 13. The number of halogens is 8. The number of aromatic hydroxyl groups is 2. The van der Waals surface area contributed by atoms with Crippen molar-refractivity contribution in [3.05, 3.63) is 142 Å². The van der Waals surface area contributed by atoms with Crippen LogP contribution < -0.4 is 170 Å². The molecular formula is C56H59BCl8Cs2N16O14. The van der Waals surface area contributed by atoms with Crippen molar-refractivity contribution in [3.8, 4) is 39.8 Å². The van der Waals surface area contributed by atoms with Crippen LogP contribution in [0.5, 0.6) is 17.2 Å². The molecule has 5 aromatic heterocycles. The molecule has 3 aliphatic heterocycles. The van der Waals surface area contributed by atoms with E-state index in [4.69, 9.17) is 154 Å². The average molecular weight is 1740 g/mol. The van der Waals surface area contributed by atoms with E-state index in [1.54, 1.807) is 54.7 Å². The van der Waals surface area contributed by atoms with Gasteiger partial charge in [-0.25, -0.2) is 44.3 Å². The summed E-state index contributed by atoms with van der Waals surface area (Å²) in [5, 5.41) is 55.3. The molecule has 0 saturated carbocycles. The number of fused-ring (bicyclic) bond motifs is 3. The number of nitrogen functional groups attached to an aromatic ring is 3. The number of nitrogens with zero attached hydrogens (tertiary/aromatic N) is 13. The maximum absolute atomic E-state index is 12.2. The molecule has 8 heterocycles. The zero-order valence-corrected chi connectivity index (χ0v) is 70.8. The normalized spacial score (nSPS) is 11.8. The van der Waals surface area contributed by atoms with Gasteiger partial charge in [0.15, 0.2) is 0 Å². The van der Waals surface area contributed by atoms with Crippen LogP contribution in [0.2, 0.25) is 35.3 Å². The third-order valence-corrected chi connectivity index (χ3v) is 14.9. The summed E-state index contributed by atoms with van der Waals surface area (Å²) in [5.74, 6) is 0.855. The Morgan fingerprint density at radius 2 is 0.990 bits per heavy atom. The number of phenolic OH excluding ortho intramolecular Hbond substituents is 2. The Hall–Kier alpha value is -4.23. The Morgan fingerprint density at radius 3 is 1.40 bits per heavy atom. The Balaban J connectivity index is 0.000000332. The summed E-state index contributed by atoms with van der Waals surface area (Å²) in [6.45, 7) is 9.40. The molecule has 3 aliphatic rings. The van der Waals surface area contributed by atoms with Crippen LogP contribution in [-0.2, 0) is 76.3 Å². The first kappa shape index (κ1) is 85.2. The summed E-state index contributed by atoms with van der Waals surface area (Å²) in [5.41, 5.74) is 22.9. The van der Waals surface area contributed by atoms with Crippen LogP contribution >= 0.6 is 92.8 Å². The summed E-state index contributed by atoms with van der Waals surface area (Å²) < 4.78 is 24.6. The maximum Gasteiger partial charge on any atom is 1.00 e. The first-order chi connectivity index (χ1) is 45.3. The molecule has 0 fully saturated rings. The molecule has 0 atom stereocenters. The molecule has 508 valence electrons. The molecule has 0 aliphatic carbocycles. The molecule has 3 aromatic carbocycles. The van der Waals surface area contributed by atoms with Crippen molar-refractivity contribution in [1.29, 1.82) is 0 Å². The number of carbonyl (C=O) groups excluding carboxylic acids is 4. The first-order valence-electron chi connectivity index (χ1n) is 27.8. The van der Waals surface area contributed by atoms with E-state index in [1.165, 1.54) is 39.0 Å². The van der Waals surface area contributed by atoms with Gasteiger partial charge >= 0.3 is 163 Å². The summed E-state index contributed by atoms with van der Waals surface area (Å²) in [6.07, 6.45) is 5.92. The van der Waals surface area contributed by atoms with Gasteiger partial charge in [-0.15, -0.1) is 11.6 Å². The minimum absolute atomic E-state index is 0. The first-order valence-corrected chi connectivity index (χ1v) is 31.0. The van der Waals surface area contributed by atoms with Crippen molar-refractivity contribution in [2.24, 2.45) is 0 Å². The number of phenols is 2. The zero-order valence-electron chi connectivity index (χ0n) is 53.2. The van der Waals surface area contributed by atoms with Crippen molar-refractivity contribution in [2.75, 3.05) is 49.5 Å². The average Bonchev–Trinajstić information content (AvgIpc) is 1.54. The fourth-order valence-corrected chi connectivity index (χ4v) is 11.1. The van der Waals surface area contributed by atoms with Gasteiger partial charge in [-0.2, -0.15) is 10.2 Å². The number of alkyl halides is 1. The van der Waals surface area contributed by atoms with Crippen LogP contribution in [0.1, 0.15) is 56.0 Å². The van der Waals surface area contributed by atoms with Gasteiger partial charge in [-0.05, 0) is 69.3 Å². The fraction of sp³-hybridized carbons (Fsp3) is 0.286. The second kappa shape index (κ2) is 42.3. The van der Waals surface area contributed by atoms with E-state index in [0.717, 1.165) is 17.7 Å². The number of carbonyl (C=O) groups is 4. The third kappa shape index (κ3) is 24.8. The van der Waals surface area contributed by atoms with Gasteiger partial charge < -0.3 is 68.0 Å². The quantitative estimate of drug-likeness (QED) is 0.0165. The molecule has 11 rings (SSSR count). The molecule has 0 bridgehead atoms. The molecule has 41 heteroatoms. The second-order valence-electron chi connectivity index (χ2n) is 19.2. The predicted octanol–water partition coefficient (Wildman–Crippen LogP) is 2.23. The molecule has 0 saturated heterocycles. The van der Waals surface area contributed by atoms with E-state index in [2.05, 4.69) is 45.0 Å². The van der Waals surface area contributed by atoms with Crippen molar-refractivity contribution in [2.45, 2.75) is 73.1 Å². The van der Waals surface area contributed by atoms with Gasteiger partial charge in [-0.3, -0.25) is 28.9 Å². The van der Waals surface area contributed by atoms with E-state index in [0.29, 0.717) is 110 Å². The van der Waals surface area contributed by atoms with E-state index in [1.807, 2.05) is 24.5 Å². The number of hydrogen-bond acceptors (Lipinski definition) is 25. The van der Waals surface area contributed by atoms with Crippen LogP contribution in [0, 0.1) is 0 Å². The van der Waals surface area contributed by atoms with E-state index >= 15 is 0 Å². The number of amides is 3. The van der Waals surface area contributed by atoms with Crippen molar-refractivity contribution < 1.29 is 208 Å². The van der Waals surface area contributed by atoms with Gasteiger partial charge in [0.1, 0.15) is 29.0 Å². The number of anilines is 3. The Kier molecular flexibility index (Phi) is 37.1. The van der Waals surface area contributed by atoms with Gasteiger partial charge in [0.2, 0.25) is 17.8 Å². The van der Waals surface area contributed by atoms with Crippen LogP contribution in [0.25, 0.3) is 22.5 Å². The SMILES string of the molecule is CCOC(=O)N1Cc2nc(N)nc(-c3c(Cl)cc(Cl)cc3OCCn3cccn3)c2C1.CCOC(=O)N1Cc2nc(N)nc(-c3c(O)cc(Cl)cc3Cl)c2C1.CCOC(=O)N1Cc2nc(N)nc(Cl)c2C1.ClCCn1cccn1.O=CO[O-].OB(O)c1c(O)cc(Cl)cc1Cl.[Cs+].[Cs+].[H-]. The monoisotopic (exact) mass is 1740 g/mol. The summed E-state index contributed by atoms with van der Waals surface area (Å²) in [4.78, 5) is 76.4. The van der Waals surface area contributed by atoms with Crippen molar-refractivity contribution in [1.82, 2.24) is 64.2 Å². The minimum atomic E-state index is -1.80. The molecule has 0 spiro atoms. The topological polar surface area (TPSA) is 419 Å². The third-order valence-electron chi connectivity index (χ3n) is 12.8. The number of hydrogen-bond donors (Lipinski definition) is 7. The van der Waals surface area contributed by atoms with Gasteiger partial charge in [0.25, 0.3) is 6.47 Å². The molecular weight excluding hydrogens is 1680 g/mol. The molecule has 0 radical (unpaired) electrons.